The average molecular weight is 230 g/mol. The van der Waals surface area contributed by atoms with Crippen molar-refractivity contribution in [1.82, 2.24) is 10.2 Å². The molecule has 1 saturated heterocycles. The van der Waals surface area contributed by atoms with Crippen LogP contribution in [0.4, 0.5) is 0 Å². The zero-order valence-electron chi connectivity index (χ0n) is 9.93. The van der Waals surface area contributed by atoms with Crippen molar-refractivity contribution in [2.45, 2.75) is 19.0 Å². The molecule has 0 unspecified atom stereocenters. The minimum absolute atomic E-state index is 0.0726. The Hall–Kier alpha value is -1.61. The molecule has 90 valence electrons. The van der Waals surface area contributed by atoms with Gasteiger partial charge in [0.05, 0.1) is 0 Å². The summed E-state index contributed by atoms with van der Waals surface area (Å²) in [4.78, 5) is 13.5. The Morgan fingerprint density at radius 1 is 1.47 bits per heavy atom. The Kier molecular flexibility index (Phi) is 3.94. The van der Waals surface area contributed by atoms with Crippen molar-refractivity contribution in [3.63, 3.8) is 0 Å². The van der Waals surface area contributed by atoms with E-state index in [9.17, 15) is 4.79 Å². The van der Waals surface area contributed by atoms with Crippen LogP contribution in [-0.4, -0.2) is 29.9 Å². The van der Waals surface area contributed by atoms with Crippen molar-refractivity contribution in [2.75, 3.05) is 13.1 Å². The molecule has 1 amide bonds. The fraction of sp³-hybridized carbons (Fsp3) is 0.357. The molecule has 1 aliphatic heterocycles. The third-order valence-corrected chi connectivity index (χ3v) is 3.05. The van der Waals surface area contributed by atoms with Gasteiger partial charge in [-0.3, -0.25) is 9.69 Å². The SMILES string of the molecule is C=CC(=O)N[C@H]1CCN(Cc2ccccc2)C1. The van der Waals surface area contributed by atoms with Gasteiger partial charge in [0, 0.05) is 25.7 Å². The Morgan fingerprint density at radius 3 is 2.94 bits per heavy atom. The smallest absolute Gasteiger partial charge is 0.243 e. The number of likely N-dealkylation sites (tertiary alicyclic amines) is 1. The summed E-state index contributed by atoms with van der Waals surface area (Å²) in [5.74, 6) is -0.0726. The summed E-state index contributed by atoms with van der Waals surface area (Å²) in [6.07, 6.45) is 2.35. The summed E-state index contributed by atoms with van der Waals surface area (Å²) in [6.45, 7) is 6.39. The van der Waals surface area contributed by atoms with Crippen LogP contribution in [0.2, 0.25) is 0 Å². The lowest BCUT2D eigenvalue weighted by molar-refractivity contribution is -0.117. The lowest BCUT2D eigenvalue weighted by Crippen LogP contribution is -2.35. The molecule has 17 heavy (non-hydrogen) atoms. The number of benzene rings is 1. The van der Waals surface area contributed by atoms with E-state index in [1.54, 1.807) is 0 Å². The first-order chi connectivity index (χ1) is 8.28. The summed E-state index contributed by atoms with van der Waals surface area (Å²) in [7, 11) is 0. The Labute approximate surface area is 102 Å². The second-order valence-electron chi connectivity index (χ2n) is 4.42. The number of carbonyl (C=O) groups excluding carboxylic acids is 1. The van der Waals surface area contributed by atoms with Gasteiger partial charge in [-0.2, -0.15) is 0 Å². The topological polar surface area (TPSA) is 32.3 Å². The standard InChI is InChI=1S/C14H18N2O/c1-2-14(17)15-13-8-9-16(11-13)10-12-6-4-3-5-7-12/h2-7,13H,1,8-11H2,(H,15,17)/t13-/m0/s1. The monoisotopic (exact) mass is 230 g/mol. The minimum Gasteiger partial charge on any atom is -0.349 e. The lowest BCUT2D eigenvalue weighted by Gasteiger charge is -2.16. The van der Waals surface area contributed by atoms with Crippen molar-refractivity contribution in [3.8, 4) is 0 Å². The molecule has 3 nitrogen and oxygen atoms in total. The van der Waals surface area contributed by atoms with Gasteiger partial charge in [-0.25, -0.2) is 0 Å². The van der Waals surface area contributed by atoms with Crippen molar-refractivity contribution >= 4 is 5.91 Å². The zero-order chi connectivity index (χ0) is 12.1. The highest BCUT2D eigenvalue weighted by Gasteiger charge is 2.22. The fourth-order valence-corrected chi connectivity index (χ4v) is 2.20. The molecule has 3 heteroatoms. The molecule has 1 atom stereocenters. The van der Waals surface area contributed by atoms with E-state index in [0.29, 0.717) is 0 Å². The molecule has 1 N–H and O–H groups in total. The second-order valence-corrected chi connectivity index (χ2v) is 4.42. The molecular formula is C14H18N2O. The van der Waals surface area contributed by atoms with E-state index in [4.69, 9.17) is 0 Å². The quantitative estimate of drug-likeness (QED) is 0.796. The maximum Gasteiger partial charge on any atom is 0.243 e. The van der Waals surface area contributed by atoms with Gasteiger partial charge in [0.1, 0.15) is 0 Å². The number of hydrogen-bond acceptors (Lipinski definition) is 2. The maximum atomic E-state index is 11.2. The van der Waals surface area contributed by atoms with Crippen LogP contribution in [0.15, 0.2) is 43.0 Å². The maximum absolute atomic E-state index is 11.2. The van der Waals surface area contributed by atoms with E-state index in [2.05, 4.69) is 41.1 Å². The van der Waals surface area contributed by atoms with Crippen LogP contribution in [0.25, 0.3) is 0 Å². The van der Waals surface area contributed by atoms with Crippen LogP contribution >= 0.6 is 0 Å². The highest BCUT2D eigenvalue weighted by Crippen LogP contribution is 2.13. The van der Waals surface area contributed by atoms with Crippen LogP contribution in [-0.2, 0) is 11.3 Å². The van der Waals surface area contributed by atoms with Crippen LogP contribution in [0, 0.1) is 0 Å². The summed E-state index contributed by atoms with van der Waals surface area (Å²) >= 11 is 0. The molecule has 1 fully saturated rings. The number of nitrogens with one attached hydrogen (secondary N) is 1. The van der Waals surface area contributed by atoms with Crippen molar-refractivity contribution < 1.29 is 4.79 Å². The largest absolute Gasteiger partial charge is 0.349 e. The van der Waals surface area contributed by atoms with Crippen LogP contribution in [0.5, 0.6) is 0 Å². The van der Waals surface area contributed by atoms with Gasteiger partial charge in [0.25, 0.3) is 0 Å². The number of hydrogen-bond donors (Lipinski definition) is 1. The van der Waals surface area contributed by atoms with Gasteiger partial charge in [-0.1, -0.05) is 36.9 Å². The van der Waals surface area contributed by atoms with E-state index in [-0.39, 0.29) is 11.9 Å². The molecule has 0 aromatic heterocycles. The Morgan fingerprint density at radius 2 is 2.24 bits per heavy atom. The van der Waals surface area contributed by atoms with Gasteiger partial charge in [0.15, 0.2) is 0 Å². The van der Waals surface area contributed by atoms with Crippen LogP contribution in [0.1, 0.15) is 12.0 Å². The van der Waals surface area contributed by atoms with Gasteiger partial charge in [0.2, 0.25) is 5.91 Å². The first-order valence-electron chi connectivity index (χ1n) is 5.97. The number of nitrogens with zero attached hydrogens (tertiary/aromatic N) is 1. The molecule has 1 heterocycles. The molecule has 2 rings (SSSR count). The number of amides is 1. The summed E-state index contributed by atoms with van der Waals surface area (Å²) in [6, 6.07) is 10.7. The van der Waals surface area contributed by atoms with Gasteiger partial charge < -0.3 is 5.32 Å². The van der Waals surface area contributed by atoms with E-state index < -0.39 is 0 Å². The first kappa shape index (κ1) is 11.9. The summed E-state index contributed by atoms with van der Waals surface area (Å²) in [5.41, 5.74) is 1.32. The highest BCUT2D eigenvalue weighted by molar-refractivity contribution is 5.87. The lowest BCUT2D eigenvalue weighted by atomic mass is 10.2. The van der Waals surface area contributed by atoms with Crippen LogP contribution < -0.4 is 5.32 Å². The predicted molar refractivity (Wildman–Crippen MR) is 68.5 cm³/mol. The van der Waals surface area contributed by atoms with Gasteiger partial charge >= 0.3 is 0 Å². The minimum atomic E-state index is -0.0726. The van der Waals surface area contributed by atoms with E-state index in [1.807, 2.05) is 6.07 Å². The predicted octanol–water partition coefficient (Wildman–Crippen LogP) is 1.56. The number of rotatable bonds is 4. The van der Waals surface area contributed by atoms with E-state index in [1.165, 1.54) is 11.6 Å². The first-order valence-corrected chi connectivity index (χ1v) is 5.97. The highest BCUT2D eigenvalue weighted by atomic mass is 16.1. The molecule has 0 spiro atoms. The molecule has 0 radical (unpaired) electrons. The number of carbonyl (C=O) groups is 1. The van der Waals surface area contributed by atoms with Crippen molar-refractivity contribution in [2.24, 2.45) is 0 Å². The summed E-state index contributed by atoms with van der Waals surface area (Å²) < 4.78 is 0. The third-order valence-electron chi connectivity index (χ3n) is 3.05. The molecule has 1 aromatic rings. The van der Waals surface area contributed by atoms with E-state index in [0.717, 1.165) is 26.1 Å². The van der Waals surface area contributed by atoms with Crippen LogP contribution in [0.3, 0.4) is 0 Å². The molecule has 1 aromatic carbocycles. The van der Waals surface area contributed by atoms with E-state index >= 15 is 0 Å². The van der Waals surface area contributed by atoms with Gasteiger partial charge in [-0.15, -0.1) is 0 Å². The molecule has 0 saturated carbocycles. The third kappa shape index (κ3) is 3.43. The molecular weight excluding hydrogens is 212 g/mol. The molecule has 0 bridgehead atoms. The fourth-order valence-electron chi connectivity index (χ4n) is 2.20. The molecule has 1 aliphatic rings. The van der Waals surface area contributed by atoms with Crippen molar-refractivity contribution in [3.05, 3.63) is 48.6 Å². The average Bonchev–Trinajstić information content (AvgIpc) is 2.77. The summed E-state index contributed by atoms with van der Waals surface area (Å²) in [5, 5.41) is 2.95. The Balaban J connectivity index is 1.82. The normalized spacial score (nSPS) is 20.1. The molecule has 0 aliphatic carbocycles. The van der Waals surface area contributed by atoms with Gasteiger partial charge in [-0.05, 0) is 18.1 Å². The Bertz CT molecular complexity index is 388. The second kappa shape index (κ2) is 5.64. The van der Waals surface area contributed by atoms with Crippen molar-refractivity contribution in [1.29, 1.82) is 0 Å². The zero-order valence-corrected chi connectivity index (χ0v) is 9.93.